The van der Waals surface area contributed by atoms with Crippen molar-refractivity contribution in [2.75, 3.05) is 4.90 Å². The molecule has 55 heavy (non-hydrogen) atoms. The van der Waals surface area contributed by atoms with Crippen molar-refractivity contribution in [2.45, 2.75) is 0 Å². The largest absolute Gasteiger partial charge is 0.456 e. The maximum absolute atomic E-state index is 6.25. The SMILES string of the molecule is c1ccc(N(c2ccc(-c3cccc4ccccc34)cc2)c2ccccc2-n2c3ccccc3c3ccccc32)c(-c2ccc3oc4ccccc4c3c2)c1. The highest BCUT2D eigenvalue weighted by molar-refractivity contribution is 6.10. The number of hydrogen-bond acceptors (Lipinski definition) is 2. The smallest absolute Gasteiger partial charge is 0.135 e. The zero-order valence-electron chi connectivity index (χ0n) is 29.9. The molecular formula is C52H34N2O. The summed E-state index contributed by atoms with van der Waals surface area (Å²) in [6.45, 7) is 0. The molecule has 3 nitrogen and oxygen atoms in total. The summed E-state index contributed by atoms with van der Waals surface area (Å²) in [7, 11) is 0. The minimum atomic E-state index is 0.889. The Morgan fingerprint density at radius 3 is 1.73 bits per heavy atom. The monoisotopic (exact) mass is 702 g/mol. The second kappa shape index (κ2) is 12.6. The number of aromatic nitrogens is 1. The number of hydrogen-bond donors (Lipinski definition) is 0. The third-order valence-electron chi connectivity index (χ3n) is 11.0. The van der Waals surface area contributed by atoms with Crippen LogP contribution in [0.25, 0.3) is 82.5 Å². The molecule has 0 fully saturated rings. The second-order valence-corrected chi connectivity index (χ2v) is 14.1. The predicted molar refractivity (Wildman–Crippen MR) is 231 cm³/mol. The van der Waals surface area contributed by atoms with Crippen LogP contribution in [0.2, 0.25) is 0 Å². The van der Waals surface area contributed by atoms with Gasteiger partial charge in [-0.15, -0.1) is 0 Å². The van der Waals surface area contributed by atoms with E-state index in [2.05, 4.69) is 204 Å². The van der Waals surface area contributed by atoms with Crippen molar-refractivity contribution in [3.05, 3.63) is 206 Å². The quantitative estimate of drug-likeness (QED) is 0.172. The second-order valence-electron chi connectivity index (χ2n) is 14.1. The summed E-state index contributed by atoms with van der Waals surface area (Å²) in [5.41, 5.74) is 13.1. The van der Waals surface area contributed by atoms with Crippen LogP contribution >= 0.6 is 0 Å². The molecule has 2 heterocycles. The first kappa shape index (κ1) is 31.2. The Balaban J connectivity index is 1.15. The summed E-state index contributed by atoms with van der Waals surface area (Å²) in [5.74, 6) is 0. The van der Waals surface area contributed by atoms with Crippen LogP contribution in [0.5, 0.6) is 0 Å². The molecule has 0 amide bonds. The molecule has 0 radical (unpaired) electrons. The number of furan rings is 1. The van der Waals surface area contributed by atoms with Crippen molar-refractivity contribution in [1.82, 2.24) is 4.57 Å². The average Bonchev–Trinajstić information content (AvgIpc) is 3.80. The van der Waals surface area contributed by atoms with Crippen LogP contribution in [-0.2, 0) is 0 Å². The van der Waals surface area contributed by atoms with Crippen molar-refractivity contribution < 1.29 is 4.42 Å². The van der Waals surface area contributed by atoms with E-state index in [1.54, 1.807) is 0 Å². The normalized spacial score (nSPS) is 11.6. The third kappa shape index (κ3) is 5.05. The molecule has 0 N–H and O–H groups in total. The van der Waals surface area contributed by atoms with Gasteiger partial charge in [0.05, 0.1) is 28.1 Å². The lowest BCUT2D eigenvalue weighted by Gasteiger charge is -2.30. The summed E-state index contributed by atoms with van der Waals surface area (Å²) in [4.78, 5) is 2.43. The Bertz CT molecular complexity index is 3160. The lowest BCUT2D eigenvalue weighted by molar-refractivity contribution is 0.669. The summed E-state index contributed by atoms with van der Waals surface area (Å²) >= 11 is 0. The standard InChI is InChI=1S/C52H34N2O/c1-2-16-39-35(14-1)15-13-21-40(39)36-28-31-38(32-29-36)53(46-22-7-3-17-41(46)37-30-33-52-45(34-37)44-20-6-12-27-51(44)55-52)49-25-10-11-26-50(49)54-47-23-8-4-18-42(47)43-19-5-9-24-48(43)54/h1-34H. The first-order valence-electron chi connectivity index (χ1n) is 18.8. The first-order valence-corrected chi connectivity index (χ1v) is 18.8. The van der Waals surface area contributed by atoms with Crippen LogP contribution in [-0.4, -0.2) is 4.57 Å². The van der Waals surface area contributed by atoms with E-state index in [0.717, 1.165) is 55.8 Å². The van der Waals surface area contributed by atoms with Crippen molar-refractivity contribution in [3.63, 3.8) is 0 Å². The number of benzene rings is 9. The number of fused-ring (bicyclic) bond motifs is 7. The molecule has 0 aliphatic rings. The lowest BCUT2D eigenvalue weighted by Crippen LogP contribution is -2.14. The topological polar surface area (TPSA) is 21.3 Å². The molecule has 9 aromatic carbocycles. The molecule has 11 aromatic rings. The Morgan fingerprint density at radius 1 is 0.364 bits per heavy atom. The van der Waals surface area contributed by atoms with Gasteiger partial charge in [0.15, 0.2) is 0 Å². The van der Waals surface area contributed by atoms with E-state index in [1.165, 1.54) is 43.7 Å². The van der Waals surface area contributed by atoms with Gasteiger partial charge < -0.3 is 13.9 Å². The minimum absolute atomic E-state index is 0.889. The van der Waals surface area contributed by atoms with Crippen molar-refractivity contribution in [3.8, 4) is 27.9 Å². The molecule has 258 valence electrons. The molecule has 0 unspecified atom stereocenters. The summed E-state index contributed by atoms with van der Waals surface area (Å²) in [6.07, 6.45) is 0. The number of para-hydroxylation sites is 6. The molecule has 0 aliphatic carbocycles. The van der Waals surface area contributed by atoms with Gasteiger partial charge in [-0.05, 0) is 88.1 Å². The van der Waals surface area contributed by atoms with Crippen LogP contribution < -0.4 is 4.90 Å². The zero-order valence-corrected chi connectivity index (χ0v) is 29.9. The molecule has 0 aliphatic heterocycles. The maximum Gasteiger partial charge on any atom is 0.135 e. The van der Waals surface area contributed by atoms with Crippen molar-refractivity contribution in [2.24, 2.45) is 0 Å². The predicted octanol–water partition coefficient (Wildman–Crippen LogP) is 14.6. The molecule has 0 saturated carbocycles. The molecule has 11 rings (SSSR count). The Kier molecular flexibility index (Phi) is 7.17. The highest BCUT2D eigenvalue weighted by Crippen LogP contribution is 2.46. The molecule has 3 heteroatoms. The Hall–Kier alpha value is -7.36. The maximum atomic E-state index is 6.25. The highest BCUT2D eigenvalue weighted by Gasteiger charge is 2.23. The van der Waals surface area contributed by atoms with Gasteiger partial charge in [-0.1, -0.05) is 146 Å². The van der Waals surface area contributed by atoms with Crippen LogP contribution in [0.4, 0.5) is 17.1 Å². The third-order valence-corrected chi connectivity index (χ3v) is 11.0. The summed E-state index contributed by atoms with van der Waals surface area (Å²) < 4.78 is 8.67. The lowest BCUT2D eigenvalue weighted by atomic mass is 9.97. The van der Waals surface area contributed by atoms with Gasteiger partial charge in [-0.25, -0.2) is 0 Å². The Morgan fingerprint density at radius 2 is 0.927 bits per heavy atom. The molecule has 0 bridgehead atoms. The number of rotatable bonds is 6. The molecular weight excluding hydrogens is 669 g/mol. The number of anilines is 3. The fraction of sp³-hybridized carbons (Fsp3) is 0. The van der Waals surface area contributed by atoms with Crippen LogP contribution in [0.3, 0.4) is 0 Å². The van der Waals surface area contributed by atoms with Crippen molar-refractivity contribution in [1.29, 1.82) is 0 Å². The molecule has 0 atom stereocenters. The number of nitrogens with zero attached hydrogens (tertiary/aromatic N) is 2. The fourth-order valence-corrected chi connectivity index (χ4v) is 8.51. The van der Waals surface area contributed by atoms with E-state index in [9.17, 15) is 0 Å². The molecule has 0 spiro atoms. The zero-order chi connectivity index (χ0) is 36.3. The van der Waals surface area contributed by atoms with Crippen LogP contribution in [0.15, 0.2) is 211 Å². The van der Waals surface area contributed by atoms with Gasteiger partial charge >= 0.3 is 0 Å². The molecule has 0 saturated heterocycles. The molecule has 2 aromatic heterocycles. The van der Waals surface area contributed by atoms with E-state index in [1.807, 2.05) is 12.1 Å². The van der Waals surface area contributed by atoms with Crippen molar-refractivity contribution >= 4 is 71.6 Å². The van der Waals surface area contributed by atoms with Gasteiger partial charge in [-0.2, -0.15) is 0 Å². The first-order chi connectivity index (χ1) is 27.3. The summed E-state index contributed by atoms with van der Waals surface area (Å²) in [6, 6.07) is 74.1. The van der Waals surface area contributed by atoms with E-state index in [0.29, 0.717) is 0 Å². The van der Waals surface area contributed by atoms with Gasteiger partial charge in [0.25, 0.3) is 0 Å². The average molecular weight is 703 g/mol. The van der Waals surface area contributed by atoms with E-state index in [-0.39, 0.29) is 0 Å². The van der Waals surface area contributed by atoms with E-state index < -0.39 is 0 Å². The van der Waals surface area contributed by atoms with Crippen LogP contribution in [0, 0.1) is 0 Å². The van der Waals surface area contributed by atoms with Gasteiger partial charge in [0.2, 0.25) is 0 Å². The van der Waals surface area contributed by atoms with Gasteiger partial charge in [0.1, 0.15) is 11.2 Å². The van der Waals surface area contributed by atoms with Gasteiger partial charge in [-0.3, -0.25) is 0 Å². The summed E-state index contributed by atoms with van der Waals surface area (Å²) in [5, 5.41) is 7.19. The van der Waals surface area contributed by atoms with Crippen LogP contribution in [0.1, 0.15) is 0 Å². The van der Waals surface area contributed by atoms with Gasteiger partial charge in [0, 0.05) is 32.8 Å². The minimum Gasteiger partial charge on any atom is -0.456 e. The van der Waals surface area contributed by atoms with E-state index in [4.69, 9.17) is 4.42 Å². The fourth-order valence-electron chi connectivity index (χ4n) is 8.51. The van der Waals surface area contributed by atoms with E-state index >= 15 is 0 Å². The Labute approximate surface area is 318 Å². The highest BCUT2D eigenvalue weighted by atomic mass is 16.3.